The monoisotopic (exact) mass is 361 g/mol. The van der Waals surface area contributed by atoms with Crippen molar-refractivity contribution in [1.82, 2.24) is 9.88 Å². The fraction of sp³-hybridized carbons (Fsp3) is 0.500. The smallest absolute Gasteiger partial charge is 0.194 e. The molecule has 0 aliphatic carbocycles. The fourth-order valence-electron chi connectivity index (χ4n) is 2.02. The van der Waals surface area contributed by atoms with E-state index >= 15 is 0 Å². The number of likely N-dealkylation sites (N-methyl/N-ethyl adjacent to an activating group) is 1. The third-order valence-electron chi connectivity index (χ3n) is 3.06. The summed E-state index contributed by atoms with van der Waals surface area (Å²) >= 11 is 0. The lowest BCUT2D eigenvalue weighted by molar-refractivity contribution is 0.317. The van der Waals surface area contributed by atoms with E-state index in [1.165, 1.54) is 12.8 Å². The molecular weight excluding hydrogens is 341 g/mol. The summed E-state index contributed by atoms with van der Waals surface area (Å²) in [5.41, 5.74) is 5.81. The van der Waals surface area contributed by atoms with Gasteiger partial charge in [0, 0.05) is 12.2 Å². The first-order valence-corrected chi connectivity index (χ1v) is 5.94. The van der Waals surface area contributed by atoms with Crippen LogP contribution >= 0.6 is 24.0 Å². The van der Waals surface area contributed by atoms with Gasteiger partial charge in [0.15, 0.2) is 5.96 Å². The van der Waals surface area contributed by atoms with Crippen molar-refractivity contribution in [2.75, 3.05) is 25.5 Å². The molecule has 0 aromatic carbocycles. The van der Waals surface area contributed by atoms with Crippen LogP contribution in [0.1, 0.15) is 12.8 Å². The number of nitrogens with one attached hydrogen (secondary N) is 1. The zero-order valence-electron chi connectivity index (χ0n) is 10.5. The number of rotatable bonds is 3. The van der Waals surface area contributed by atoms with Crippen molar-refractivity contribution in [3.05, 3.63) is 24.4 Å². The molecule has 1 aliphatic heterocycles. The van der Waals surface area contributed by atoms with Crippen molar-refractivity contribution in [2.45, 2.75) is 18.9 Å². The van der Waals surface area contributed by atoms with E-state index in [1.807, 2.05) is 18.2 Å². The summed E-state index contributed by atoms with van der Waals surface area (Å²) in [7, 11) is 2.13. The predicted octanol–water partition coefficient (Wildman–Crippen LogP) is 1.52. The predicted molar refractivity (Wildman–Crippen MR) is 85.4 cm³/mol. The van der Waals surface area contributed by atoms with Crippen molar-refractivity contribution < 1.29 is 0 Å². The molecule has 1 fully saturated rings. The zero-order chi connectivity index (χ0) is 12.1. The van der Waals surface area contributed by atoms with Crippen molar-refractivity contribution in [3.8, 4) is 0 Å². The highest BCUT2D eigenvalue weighted by Gasteiger charge is 2.19. The molecule has 0 radical (unpaired) electrons. The number of pyridine rings is 1. The number of aliphatic imine (C=N–C) groups is 1. The number of halogens is 1. The van der Waals surface area contributed by atoms with E-state index < -0.39 is 0 Å². The van der Waals surface area contributed by atoms with E-state index in [2.05, 4.69) is 27.2 Å². The topological polar surface area (TPSA) is 66.5 Å². The van der Waals surface area contributed by atoms with Crippen LogP contribution in [0, 0.1) is 0 Å². The Morgan fingerprint density at radius 3 is 3.06 bits per heavy atom. The zero-order valence-corrected chi connectivity index (χ0v) is 12.9. The largest absolute Gasteiger partial charge is 0.370 e. The standard InChI is InChI=1S/C12H19N5.HI/c1-17-8-4-5-10(17)9-15-12(13)16-11-6-2-3-7-14-11;/h2-3,6-7,10H,4-5,8-9H2,1H3,(H3,13,14,15,16);1H. The summed E-state index contributed by atoms with van der Waals surface area (Å²) in [6.07, 6.45) is 4.18. The van der Waals surface area contributed by atoms with Gasteiger partial charge >= 0.3 is 0 Å². The number of nitrogens with zero attached hydrogens (tertiary/aromatic N) is 3. The van der Waals surface area contributed by atoms with Gasteiger partial charge in [-0.05, 0) is 38.6 Å². The van der Waals surface area contributed by atoms with Gasteiger partial charge in [-0.15, -0.1) is 24.0 Å². The van der Waals surface area contributed by atoms with Crippen molar-refractivity contribution in [1.29, 1.82) is 0 Å². The van der Waals surface area contributed by atoms with E-state index in [0.29, 0.717) is 12.0 Å². The number of hydrogen-bond donors (Lipinski definition) is 2. The highest BCUT2D eigenvalue weighted by atomic mass is 127. The van der Waals surface area contributed by atoms with Crippen LogP contribution in [-0.2, 0) is 0 Å². The maximum Gasteiger partial charge on any atom is 0.194 e. The van der Waals surface area contributed by atoms with Gasteiger partial charge in [0.05, 0.1) is 6.54 Å². The molecular formula is C12H20IN5. The number of hydrogen-bond acceptors (Lipinski definition) is 3. The lowest BCUT2D eigenvalue weighted by atomic mass is 10.2. The van der Waals surface area contributed by atoms with Crippen LogP contribution in [0.5, 0.6) is 0 Å². The molecule has 0 saturated carbocycles. The quantitative estimate of drug-likeness (QED) is 0.487. The molecule has 0 spiro atoms. The Morgan fingerprint density at radius 2 is 2.44 bits per heavy atom. The average Bonchev–Trinajstić information content (AvgIpc) is 2.74. The minimum Gasteiger partial charge on any atom is -0.370 e. The summed E-state index contributed by atoms with van der Waals surface area (Å²) in [5.74, 6) is 1.16. The van der Waals surface area contributed by atoms with Crippen LogP contribution in [0.25, 0.3) is 0 Å². The van der Waals surface area contributed by atoms with Gasteiger partial charge in [-0.1, -0.05) is 6.07 Å². The molecule has 5 nitrogen and oxygen atoms in total. The molecule has 1 atom stereocenters. The lowest BCUT2D eigenvalue weighted by Crippen LogP contribution is -2.30. The summed E-state index contributed by atoms with van der Waals surface area (Å²) in [6.45, 7) is 1.91. The van der Waals surface area contributed by atoms with Crippen LogP contribution in [0.2, 0.25) is 0 Å². The molecule has 18 heavy (non-hydrogen) atoms. The van der Waals surface area contributed by atoms with Crippen LogP contribution in [0.15, 0.2) is 29.4 Å². The van der Waals surface area contributed by atoms with Crippen molar-refractivity contribution in [3.63, 3.8) is 0 Å². The molecule has 0 bridgehead atoms. The highest BCUT2D eigenvalue weighted by Crippen LogP contribution is 2.14. The Morgan fingerprint density at radius 1 is 1.61 bits per heavy atom. The molecule has 1 saturated heterocycles. The fourth-order valence-corrected chi connectivity index (χ4v) is 2.02. The molecule has 1 aromatic rings. The van der Waals surface area contributed by atoms with E-state index in [-0.39, 0.29) is 24.0 Å². The molecule has 6 heteroatoms. The number of anilines is 1. The first-order chi connectivity index (χ1) is 8.25. The van der Waals surface area contributed by atoms with Gasteiger partial charge < -0.3 is 16.0 Å². The Kier molecular flexibility index (Phi) is 6.34. The minimum absolute atomic E-state index is 0. The minimum atomic E-state index is 0. The van der Waals surface area contributed by atoms with Gasteiger partial charge in [-0.3, -0.25) is 4.99 Å². The summed E-state index contributed by atoms with van der Waals surface area (Å²) in [5, 5.41) is 2.98. The maximum absolute atomic E-state index is 5.81. The maximum atomic E-state index is 5.81. The first-order valence-electron chi connectivity index (χ1n) is 5.94. The second-order valence-electron chi connectivity index (χ2n) is 4.34. The van der Waals surface area contributed by atoms with Crippen LogP contribution in [0.3, 0.4) is 0 Å². The Labute approximate surface area is 125 Å². The van der Waals surface area contributed by atoms with Gasteiger partial charge in [-0.2, -0.15) is 0 Å². The molecule has 3 N–H and O–H groups in total. The third-order valence-corrected chi connectivity index (χ3v) is 3.06. The molecule has 100 valence electrons. The van der Waals surface area contributed by atoms with E-state index in [1.54, 1.807) is 6.20 Å². The molecule has 2 heterocycles. The van der Waals surface area contributed by atoms with Crippen molar-refractivity contribution in [2.24, 2.45) is 10.7 Å². The normalized spacial score (nSPS) is 20.5. The number of nitrogens with two attached hydrogens (primary N) is 1. The van der Waals surface area contributed by atoms with Gasteiger partial charge in [0.2, 0.25) is 0 Å². The molecule has 2 rings (SSSR count). The summed E-state index contributed by atoms with van der Waals surface area (Å²) < 4.78 is 0. The van der Waals surface area contributed by atoms with Gasteiger partial charge in [-0.25, -0.2) is 4.98 Å². The van der Waals surface area contributed by atoms with Gasteiger partial charge in [0.1, 0.15) is 5.82 Å². The van der Waals surface area contributed by atoms with Crippen molar-refractivity contribution >= 4 is 35.8 Å². The molecule has 1 unspecified atom stereocenters. The number of likely N-dealkylation sites (tertiary alicyclic amines) is 1. The van der Waals surface area contributed by atoms with Gasteiger partial charge in [0.25, 0.3) is 0 Å². The summed E-state index contributed by atoms with van der Waals surface area (Å²) in [4.78, 5) is 10.8. The Bertz CT molecular complexity index is 381. The first kappa shape index (κ1) is 15.2. The highest BCUT2D eigenvalue weighted by molar-refractivity contribution is 14.0. The molecule has 1 aliphatic rings. The molecule has 1 aromatic heterocycles. The number of guanidine groups is 1. The summed E-state index contributed by atoms with van der Waals surface area (Å²) in [6, 6.07) is 6.17. The van der Waals surface area contributed by atoms with Crippen LogP contribution < -0.4 is 11.1 Å². The Hall–Kier alpha value is -0.890. The third kappa shape index (κ3) is 4.41. The second-order valence-corrected chi connectivity index (χ2v) is 4.34. The van der Waals surface area contributed by atoms with E-state index in [4.69, 9.17) is 5.73 Å². The SMILES string of the molecule is CN1CCCC1CN=C(N)Nc1ccccn1.I. The van der Waals surface area contributed by atoms with E-state index in [0.717, 1.165) is 18.9 Å². The van der Waals surface area contributed by atoms with Crippen LogP contribution in [-0.4, -0.2) is 42.0 Å². The second kappa shape index (κ2) is 7.52. The van der Waals surface area contributed by atoms with E-state index in [9.17, 15) is 0 Å². The average molecular weight is 361 g/mol. The molecule has 0 amide bonds. The lowest BCUT2D eigenvalue weighted by Gasteiger charge is -2.17. The van der Waals surface area contributed by atoms with Crippen LogP contribution in [0.4, 0.5) is 5.82 Å². The number of aromatic nitrogens is 1. The Balaban J connectivity index is 0.00000162.